The second-order valence-corrected chi connectivity index (χ2v) is 5.22. The number of nitrogens with zero attached hydrogens (tertiary/aromatic N) is 2. The molecule has 1 saturated carbocycles. The zero-order valence-corrected chi connectivity index (χ0v) is 9.53. The summed E-state index contributed by atoms with van der Waals surface area (Å²) in [5.74, 6) is 2.56. The number of aromatic nitrogens is 2. The van der Waals surface area contributed by atoms with Crippen LogP contribution < -0.4 is 5.73 Å². The highest BCUT2D eigenvalue weighted by molar-refractivity contribution is 5.26. The lowest BCUT2D eigenvalue weighted by Crippen LogP contribution is -2.34. The average molecular weight is 205 g/mol. The lowest BCUT2D eigenvalue weighted by atomic mass is 9.98. The van der Waals surface area contributed by atoms with Crippen molar-refractivity contribution in [3.8, 4) is 0 Å². The van der Waals surface area contributed by atoms with Crippen molar-refractivity contribution < 1.29 is 0 Å². The minimum atomic E-state index is 0.312. The second-order valence-electron chi connectivity index (χ2n) is 5.22. The minimum absolute atomic E-state index is 0.312. The summed E-state index contributed by atoms with van der Waals surface area (Å²) in [4.78, 5) is 4.84. The summed E-state index contributed by atoms with van der Waals surface area (Å²) in [6.07, 6.45) is 3.75. The number of fused-ring (bicyclic) bond motifs is 1. The fraction of sp³-hybridized carbons (Fsp3) is 0.750. The van der Waals surface area contributed by atoms with E-state index >= 15 is 0 Å². The van der Waals surface area contributed by atoms with Gasteiger partial charge in [0.05, 0.1) is 5.69 Å². The van der Waals surface area contributed by atoms with Crippen LogP contribution in [0.5, 0.6) is 0 Å². The van der Waals surface area contributed by atoms with Crippen LogP contribution in [0.3, 0.4) is 0 Å². The standard InChI is InChI=1S/C12H19N3/c1-7-5-10(13)6-15-8(2)11(9-3-4-9)14-12(7)15/h7,9-10H,3-6,13H2,1-2H3. The van der Waals surface area contributed by atoms with Gasteiger partial charge < -0.3 is 10.3 Å². The van der Waals surface area contributed by atoms with Gasteiger partial charge in [-0.1, -0.05) is 6.92 Å². The third-order valence-corrected chi connectivity index (χ3v) is 3.77. The summed E-state index contributed by atoms with van der Waals surface area (Å²) in [7, 11) is 0. The lowest BCUT2D eigenvalue weighted by molar-refractivity contribution is 0.403. The zero-order chi connectivity index (χ0) is 10.6. The molecule has 0 radical (unpaired) electrons. The maximum Gasteiger partial charge on any atom is 0.112 e. The van der Waals surface area contributed by atoms with Crippen LogP contribution >= 0.6 is 0 Å². The molecule has 2 heterocycles. The molecule has 82 valence electrons. The molecule has 0 spiro atoms. The Hall–Kier alpha value is -0.830. The summed E-state index contributed by atoms with van der Waals surface area (Å²) >= 11 is 0. The number of imidazole rings is 1. The van der Waals surface area contributed by atoms with E-state index in [1.807, 2.05) is 0 Å². The number of hydrogen-bond donors (Lipinski definition) is 1. The molecular weight excluding hydrogens is 186 g/mol. The Labute approximate surface area is 90.7 Å². The van der Waals surface area contributed by atoms with Gasteiger partial charge in [0.2, 0.25) is 0 Å². The zero-order valence-electron chi connectivity index (χ0n) is 9.53. The quantitative estimate of drug-likeness (QED) is 0.761. The summed E-state index contributed by atoms with van der Waals surface area (Å²) in [6, 6.07) is 0.312. The molecule has 2 unspecified atom stereocenters. The SMILES string of the molecule is Cc1c(C2CC2)nc2n1CC(N)CC2C. The minimum Gasteiger partial charge on any atom is -0.330 e. The topological polar surface area (TPSA) is 43.8 Å². The fourth-order valence-corrected chi connectivity index (χ4v) is 2.79. The number of rotatable bonds is 1. The molecular formula is C12H19N3. The molecule has 3 heteroatoms. The van der Waals surface area contributed by atoms with E-state index in [-0.39, 0.29) is 0 Å². The number of nitrogens with two attached hydrogens (primary N) is 1. The maximum atomic E-state index is 6.06. The average Bonchev–Trinajstić information content (AvgIpc) is 2.94. The fourth-order valence-electron chi connectivity index (χ4n) is 2.79. The smallest absolute Gasteiger partial charge is 0.112 e. The van der Waals surface area contributed by atoms with Gasteiger partial charge in [0.1, 0.15) is 5.82 Å². The normalized spacial score (nSPS) is 30.3. The van der Waals surface area contributed by atoms with Gasteiger partial charge in [-0.15, -0.1) is 0 Å². The largest absolute Gasteiger partial charge is 0.330 e. The molecule has 15 heavy (non-hydrogen) atoms. The van der Waals surface area contributed by atoms with Crippen molar-refractivity contribution in [2.45, 2.75) is 57.5 Å². The molecule has 1 aromatic rings. The Morgan fingerprint density at radius 1 is 1.40 bits per heavy atom. The van der Waals surface area contributed by atoms with Gasteiger partial charge in [0.25, 0.3) is 0 Å². The van der Waals surface area contributed by atoms with E-state index in [1.54, 1.807) is 0 Å². The third-order valence-electron chi connectivity index (χ3n) is 3.77. The van der Waals surface area contributed by atoms with Crippen LogP contribution in [0, 0.1) is 6.92 Å². The maximum absolute atomic E-state index is 6.06. The van der Waals surface area contributed by atoms with Gasteiger partial charge in [-0.05, 0) is 26.2 Å². The van der Waals surface area contributed by atoms with E-state index in [2.05, 4.69) is 18.4 Å². The van der Waals surface area contributed by atoms with Gasteiger partial charge >= 0.3 is 0 Å². The predicted molar refractivity (Wildman–Crippen MR) is 59.9 cm³/mol. The molecule has 0 saturated heterocycles. The highest BCUT2D eigenvalue weighted by atomic mass is 15.1. The van der Waals surface area contributed by atoms with E-state index < -0.39 is 0 Å². The van der Waals surface area contributed by atoms with Crippen molar-refractivity contribution >= 4 is 0 Å². The van der Waals surface area contributed by atoms with Crippen LogP contribution in [-0.2, 0) is 6.54 Å². The van der Waals surface area contributed by atoms with Gasteiger partial charge in [-0.2, -0.15) is 0 Å². The first-order valence-electron chi connectivity index (χ1n) is 5.99. The summed E-state index contributed by atoms with van der Waals surface area (Å²) in [6.45, 7) is 5.41. The van der Waals surface area contributed by atoms with Crippen molar-refractivity contribution in [1.29, 1.82) is 0 Å². The van der Waals surface area contributed by atoms with Crippen LogP contribution in [0.1, 0.15) is 55.2 Å². The Kier molecular flexibility index (Phi) is 1.93. The first-order chi connectivity index (χ1) is 7.16. The van der Waals surface area contributed by atoms with Gasteiger partial charge in [-0.25, -0.2) is 4.98 Å². The van der Waals surface area contributed by atoms with Gasteiger partial charge in [0.15, 0.2) is 0 Å². The lowest BCUT2D eigenvalue weighted by Gasteiger charge is -2.26. The molecule has 2 aliphatic rings. The first kappa shape index (κ1) is 9.40. The van der Waals surface area contributed by atoms with E-state index in [9.17, 15) is 0 Å². The molecule has 0 aromatic carbocycles. The van der Waals surface area contributed by atoms with Crippen LogP contribution in [0.2, 0.25) is 0 Å². The Morgan fingerprint density at radius 2 is 2.13 bits per heavy atom. The third kappa shape index (κ3) is 1.41. The molecule has 0 bridgehead atoms. The first-order valence-corrected chi connectivity index (χ1v) is 5.99. The van der Waals surface area contributed by atoms with Crippen LogP contribution in [0.4, 0.5) is 0 Å². The van der Waals surface area contributed by atoms with Crippen LogP contribution in [0.25, 0.3) is 0 Å². The summed E-state index contributed by atoms with van der Waals surface area (Å²) in [5, 5.41) is 0. The monoisotopic (exact) mass is 205 g/mol. The Morgan fingerprint density at radius 3 is 2.80 bits per heavy atom. The number of hydrogen-bond acceptors (Lipinski definition) is 2. The molecule has 3 rings (SSSR count). The molecule has 1 fully saturated rings. The summed E-state index contributed by atoms with van der Waals surface area (Å²) in [5.41, 5.74) is 8.78. The van der Waals surface area contributed by atoms with E-state index in [0.717, 1.165) is 18.9 Å². The van der Waals surface area contributed by atoms with Crippen molar-refractivity contribution in [3.05, 3.63) is 17.2 Å². The van der Waals surface area contributed by atoms with E-state index in [0.29, 0.717) is 12.0 Å². The molecule has 1 aliphatic carbocycles. The molecule has 2 atom stereocenters. The molecule has 2 N–H and O–H groups in total. The highest BCUT2D eigenvalue weighted by Gasteiger charge is 2.33. The molecule has 3 nitrogen and oxygen atoms in total. The van der Waals surface area contributed by atoms with E-state index in [4.69, 9.17) is 10.7 Å². The Balaban J connectivity index is 2.06. The van der Waals surface area contributed by atoms with Gasteiger partial charge in [-0.3, -0.25) is 0 Å². The summed E-state index contributed by atoms with van der Waals surface area (Å²) < 4.78 is 2.35. The Bertz CT molecular complexity index is 390. The predicted octanol–water partition coefficient (Wildman–Crippen LogP) is 1.90. The second kappa shape index (κ2) is 3.08. The highest BCUT2D eigenvalue weighted by Crippen LogP contribution is 2.42. The molecule has 1 aliphatic heterocycles. The van der Waals surface area contributed by atoms with Crippen molar-refractivity contribution in [1.82, 2.24) is 9.55 Å². The van der Waals surface area contributed by atoms with E-state index in [1.165, 1.54) is 30.1 Å². The van der Waals surface area contributed by atoms with Gasteiger partial charge in [0, 0.05) is 30.1 Å². The molecule has 1 aromatic heterocycles. The van der Waals surface area contributed by atoms with Crippen LogP contribution in [0.15, 0.2) is 0 Å². The molecule has 0 amide bonds. The van der Waals surface area contributed by atoms with Crippen molar-refractivity contribution in [3.63, 3.8) is 0 Å². The van der Waals surface area contributed by atoms with Crippen molar-refractivity contribution in [2.75, 3.05) is 0 Å². The van der Waals surface area contributed by atoms with Crippen LogP contribution in [-0.4, -0.2) is 15.6 Å². The van der Waals surface area contributed by atoms with Crippen molar-refractivity contribution in [2.24, 2.45) is 5.73 Å².